The zero-order chi connectivity index (χ0) is 24.7. The summed E-state index contributed by atoms with van der Waals surface area (Å²) in [5, 5.41) is 2.80. The van der Waals surface area contributed by atoms with E-state index >= 15 is 0 Å². The number of hydrogen-bond acceptors (Lipinski definition) is 6. The Morgan fingerprint density at radius 1 is 1.00 bits per heavy atom. The molecule has 1 aliphatic rings. The Kier molecular flexibility index (Phi) is 8.15. The van der Waals surface area contributed by atoms with Crippen LogP contribution in [0.2, 0.25) is 0 Å². The lowest BCUT2D eigenvalue weighted by molar-refractivity contribution is -0.135. The number of carbonyl (C=O) groups is 3. The highest BCUT2D eigenvalue weighted by Crippen LogP contribution is 2.24. The first kappa shape index (κ1) is 25.1. The molecular formula is C26H32N2O6. The third-order valence-electron chi connectivity index (χ3n) is 5.42. The maximum atomic E-state index is 12.5. The number of amides is 2. The molecule has 2 aromatic rings. The standard InChI is InChI=1S/C26H32N2O6/c1-26(2,3)34-25(31)28-15-13-18(14-16-28)17-23(29)33-20-11-9-19(10-12-20)27-24(30)21-7-5-6-8-22(21)32-4/h5-12,18H,13-17H2,1-4H3,(H,27,30). The second-order valence-electron chi connectivity index (χ2n) is 9.27. The molecule has 0 saturated carbocycles. The Labute approximate surface area is 200 Å². The van der Waals surface area contributed by atoms with Crippen molar-refractivity contribution in [2.45, 2.75) is 45.6 Å². The molecule has 1 fully saturated rings. The van der Waals surface area contributed by atoms with Gasteiger partial charge < -0.3 is 24.4 Å². The van der Waals surface area contributed by atoms with Gasteiger partial charge in [-0.1, -0.05) is 12.1 Å². The monoisotopic (exact) mass is 468 g/mol. The van der Waals surface area contributed by atoms with Gasteiger partial charge in [0.05, 0.1) is 12.7 Å². The van der Waals surface area contributed by atoms with Crippen LogP contribution in [0.1, 0.15) is 50.4 Å². The number of carbonyl (C=O) groups excluding carboxylic acids is 3. The summed E-state index contributed by atoms with van der Waals surface area (Å²) in [5.74, 6) is 0.445. The van der Waals surface area contributed by atoms with E-state index in [1.165, 1.54) is 7.11 Å². The van der Waals surface area contributed by atoms with Crippen LogP contribution in [-0.2, 0) is 9.53 Å². The molecule has 1 saturated heterocycles. The van der Waals surface area contributed by atoms with Gasteiger partial charge in [0, 0.05) is 25.2 Å². The first-order valence-electron chi connectivity index (χ1n) is 11.4. The molecule has 2 amide bonds. The van der Waals surface area contributed by atoms with Gasteiger partial charge in [-0.25, -0.2) is 4.79 Å². The summed E-state index contributed by atoms with van der Waals surface area (Å²) in [6.07, 6.45) is 1.42. The minimum Gasteiger partial charge on any atom is -0.496 e. The maximum absolute atomic E-state index is 12.5. The SMILES string of the molecule is COc1ccccc1C(=O)Nc1ccc(OC(=O)CC2CCN(C(=O)OC(C)(C)C)CC2)cc1. The van der Waals surface area contributed by atoms with Crippen molar-refractivity contribution in [3.05, 3.63) is 54.1 Å². The van der Waals surface area contributed by atoms with Gasteiger partial charge in [0.25, 0.3) is 5.91 Å². The van der Waals surface area contributed by atoms with Gasteiger partial charge in [0.15, 0.2) is 0 Å². The summed E-state index contributed by atoms with van der Waals surface area (Å²) >= 11 is 0. The third kappa shape index (κ3) is 7.23. The Balaban J connectivity index is 1.45. The molecule has 8 nitrogen and oxygen atoms in total. The number of rotatable bonds is 6. The van der Waals surface area contributed by atoms with Crippen molar-refractivity contribution in [3.63, 3.8) is 0 Å². The van der Waals surface area contributed by atoms with Crippen LogP contribution in [0, 0.1) is 5.92 Å². The van der Waals surface area contributed by atoms with Crippen molar-refractivity contribution >= 4 is 23.7 Å². The van der Waals surface area contributed by atoms with Crippen molar-refractivity contribution in [3.8, 4) is 11.5 Å². The minimum absolute atomic E-state index is 0.158. The lowest BCUT2D eigenvalue weighted by Crippen LogP contribution is -2.42. The Morgan fingerprint density at radius 2 is 1.65 bits per heavy atom. The second-order valence-corrected chi connectivity index (χ2v) is 9.27. The van der Waals surface area contributed by atoms with Crippen LogP contribution in [-0.4, -0.2) is 48.7 Å². The summed E-state index contributed by atoms with van der Waals surface area (Å²) < 4.78 is 16.1. The fourth-order valence-corrected chi connectivity index (χ4v) is 3.69. The smallest absolute Gasteiger partial charge is 0.410 e. The van der Waals surface area contributed by atoms with Gasteiger partial charge in [-0.3, -0.25) is 9.59 Å². The molecule has 0 aliphatic carbocycles. The first-order valence-corrected chi connectivity index (χ1v) is 11.4. The fourth-order valence-electron chi connectivity index (χ4n) is 3.69. The fraction of sp³-hybridized carbons (Fsp3) is 0.423. The number of methoxy groups -OCH3 is 1. The van der Waals surface area contributed by atoms with E-state index in [0.717, 1.165) is 12.8 Å². The number of esters is 1. The number of piperidine rings is 1. The molecule has 0 unspecified atom stereocenters. The summed E-state index contributed by atoms with van der Waals surface area (Å²) in [7, 11) is 1.51. The Morgan fingerprint density at radius 3 is 2.26 bits per heavy atom. The van der Waals surface area contributed by atoms with Crippen LogP contribution in [0.3, 0.4) is 0 Å². The highest BCUT2D eigenvalue weighted by atomic mass is 16.6. The summed E-state index contributed by atoms with van der Waals surface area (Å²) in [6.45, 7) is 6.65. The molecule has 8 heteroatoms. The van der Waals surface area contributed by atoms with E-state index in [-0.39, 0.29) is 30.3 Å². The molecule has 1 aliphatic heterocycles. The molecule has 34 heavy (non-hydrogen) atoms. The van der Waals surface area contributed by atoms with Crippen LogP contribution < -0.4 is 14.8 Å². The van der Waals surface area contributed by atoms with Crippen molar-refractivity contribution in [2.75, 3.05) is 25.5 Å². The lowest BCUT2D eigenvalue weighted by Gasteiger charge is -2.33. The Bertz CT molecular complexity index is 1000. The van der Waals surface area contributed by atoms with E-state index in [1.807, 2.05) is 20.8 Å². The first-order chi connectivity index (χ1) is 16.1. The van der Waals surface area contributed by atoms with Crippen LogP contribution in [0.25, 0.3) is 0 Å². The average molecular weight is 469 g/mol. The molecule has 0 spiro atoms. The van der Waals surface area contributed by atoms with Crippen molar-refractivity contribution in [2.24, 2.45) is 5.92 Å². The van der Waals surface area contributed by atoms with Crippen LogP contribution in [0.15, 0.2) is 48.5 Å². The number of ether oxygens (including phenoxy) is 3. The van der Waals surface area contributed by atoms with Crippen LogP contribution >= 0.6 is 0 Å². The van der Waals surface area contributed by atoms with Gasteiger partial charge in [-0.15, -0.1) is 0 Å². The molecule has 0 bridgehead atoms. The van der Waals surface area contributed by atoms with E-state index < -0.39 is 5.60 Å². The van der Waals surface area contributed by atoms with Gasteiger partial charge in [-0.2, -0.15) is 0 Å². The van der Waals surface area contributed by atoms with Crippen molar-refractivity contribution in [1.82, 2.24) is 4.90 Å². The quantitative estimate of drug-likeness (QED) is 0.479. The normalized spacial score (nSPS) is 14.3. The van der Waals surface area contributed by atoms with Crippen molar-refractivity contribution in [1.29, 1.82) is 0 Å². The van der Waals surface area contributed by atoms with Crippen LogP contribution in [0.4, 0.5) is 10.5 Å². The predicted molar refractivity (Wildman–Crippen MR) is 128 cm³/mol. The highest BCUT2D eigenvalue weighted by molar-refractivity contribution is 6.06. The molecule has 0 radical (unpaired) electrons. The molecule has 0 atom stereocenters. The summed E-state index contributed by atoms with van der Waals surface area (Å²) in [5.41, 5.74) is 0.480. The number of benzene rings is 2. The number of hydrogen-bond donors (Lipinski definition) is 1. The van der Waals surface area contributed by atoms with E-state index in [1.54, 1.807) is 53.4 Å². The zero-order valence-electron chi connectivity index (χ0n) is 20.1. The van der Waals surface area contributed by atoms with E-state index in [9.17, 15) is 14.4 Å². The van der Waals surface area contributed by atoms with E-state index in [4.69, 9.17) is 14.2 Å². The van der Waals surface area contributed by atoms with E-state index in [2.05, 4.69) is 5.32 Å². The molecule has 3 rings (SSSR count). The zero-order valence-corrected chi connectivity index (χ0v) is 20.1. The van der Waals surface area contributed by atoms with Gasteiger partial charge in [0.1, 0.15) is 17.1 Å². The average Bonchev–Trinajstić information content (AvgIpc) is 2.79. The van der Waals surface area contributed by atoms with Crippen LogP contribution in [0.5, 0.6) is 11.5 Å². The molecule has 2 aromatic carbocycles. The number of nitrogens with one attached hydrogen (secondary N) is 1. The third-order valence-corrected chi connectivity index (χ3v) is 5.42. The minimum atomic E-state index is -0.523. The Hall–Kier alpha value is -3.55. The van der Waals surface area contributed by atoms with Gasteiger partial charge >= 0.3 is 12.1 Å². The summed E-state index contributed by atoms with van der Waals surface area (Å²) in [6, 6.07) is 13.6. The van der Waals surface area contributed by atoms with E-state index in [0.29, 0.717) is 35.8 Å². The topological polar surface area (TPSA) is 94.2 Å². The molecule has 1 N–H and O–H groups in total. The molecular weight excluding hydrogens is 436 g/mol. The van der Waals surface area contributed by atoms with Gasteiger partial charge in [-0.05, 0) is 75.9 Å². The molecule has 1 heterocycles. The maximum Gasteiger partial charge on any atom is 0.410 e. The summed E-state index contributed by atoms with van der Waals surface area (Å²) in [4.78, 5) is 38.7. The highest BCUT2D eigenvalue weighted by Gasteiger charge is 2.28. The molecule has 0 aromatic heterocycles. The largest absolute Gasteiger partial charge is 0.496 e. The number of likely N-dealkylation sites (tertiary alicyclic amines) is 1. The number of anilines is 1. The van der Waals surface area contributed by atoms with Gasteiger partial charge in [0.2, 0.25) is 0 Å². The molecule has 182 valence electrons. The second kappa shape index (κ2) is 11.0. The number of nitrogens with zero attached hydrogens (tertiary/aromatic N) is 1. The van der Waals surface area contributed by atoms with Crippen molar-refractivity contribution < 1.29 is 28.6 Å². The number of para-hydroxylation sites is 1. The predicted octanol–water partition coefficient (Wildman–Crippen LogP) is 4.89. The lowest BCUT2D eigenvalue weighted by atomic mass is 9.94.